The summed E-state index contributed by atoms with van der Waals surface area (Å²) >= 11 is 1.61. The Morgan fingerprint density at radius 3 is 2.65 bits per heavy atom. The van der Waals surface area contributed by atoms with E-state index in [9.17, 15) is 13.2 Å². The van der Waals surface area contributed by atoms with Crippen LogP contribution < -0.4 is 4.90 Å². The number of aromatic nitrogens is 2. The number of hydrogen-bond donors (Lipinski definition) is 0. The molecule has 1 aliphatic heterocycles. The van der Waals surface area contributed by atoms with Crippen LogP contribution in [0.3, 0.4) is 0 Å². The van der Waals surface area contributed by atoms with Crippen molar-refractivity contribution in [3.63, 3.8) is 0 Å². The summed E-state index contributed by atoms with van der Waals surface area (Å²) in [4.78, 5) is 12.1. The maximum absolute atomic E-state index is 12.8. The molecule has 4 rings (SSSR count). The van der Waals surface area contributed by atoms with E-state index in [1.165, 1.54) is 12.1 Å². The van der Waals surface area contributed by atoms with Gasteiger partial charge >= 0.3 is 6.18 Å². The summed E-state index contributed by atoms with van der Waals surface area (Å²) in [5.74, 6) is 1.14. The van der Waals surface area contributed by atoms with E-state index in [0.29, 0.717) is 0 Å². The Balaban J connectivity index is 1.60. The van der Waals surface area contributed by atoms with Gasteiger partial charge in [0.15, 0.2) is 0 Å². The third kappa shape index (κ3) is 3.16. The third-order valence-electron chi connectivity index (χ3n) is 4.96. The van der Waals surface area contributed by atoms with Gasteiger partial charge < -0.3 is 4.90 Å². The van der Waals surface area contributed by atoms with Gasteiger partial charge in [-0.25, -0.2) is 9.97 Å². The van der Waals surface area contributed by atoms with Gasteiger partial charge in [0, 0.05) is 19.0 Å². The van der Waals surface area contributed by atoms with Gasteiger partial charge in [0.2, 0.25) is 0 Å². The Bertz CT molecular complexity index is 918. The number of benzene rings is 1. The van der Waals surface area contributed by atoms with Crippen LogP contribution in [0, 0.1) is 6.92 Å². The number of fused-ring (bicyclic) bond motifs is 1. The molecule has 0 saturated carbocycles. The smallest absolute Gasteiger partial charge is 0.355 e. The molecule has 0 N–H and O–H groups in total. The Kier molecular flexibility index (Phi) is 4.34. The van der Waals surface area contributed by atoms with Crippen LogP contribution in [0.2, 0.25) is 0 Å². The van der Waals surface area contributed by atoms with E-state index in [0.717, 1.165) is 53.1 Å². The van der Waals surface area contributed by atoms with Gasteiger partial charge in [-0.05, 0) is 48.4 Å². The topological polar surface area (TPSA) is 29.0 Å². The van der Waals surface area contributed by atoms with Crippen LogP contribution in [0.25, 0.3) is 10.2 Å². The van der Waals surface area contributed by atoms with Crippen molar-refractivity contribution in [2.24, 2.45) is 0 Å². The van der Waals surface area contributed by atoms with Gasteiger partial charge in [-0.2, -0.15) is 13.2 Å². The average Bonchev–Trinajstić information content (AvgIpc) is 3.03. The lowest BCUT2D eigenvalue weighted by Gasteiger charge is -2.34. The first-order valence-corrected chi connectivity index (χ1v) is 9.42. The molecule has 26 heavy (non-hydrogen) atoms. The highest BCUT2D eigenvalue weighted by Gasteiger charge is 2.31. The summed E-state index contributed by atoms with van der Waals surface area (Å²) in [7, 11) is 0. The van der Waals surface area contributed by atoms with Gasteiger partial charge in [-0.1, -0.05) is 12.1 Å². The highest BCUT2D eigenvalue weighted by atomic mass is 32.1. The second-order valence-corrected chi connectivity index (χ2v) is 7.56. The van der Waals surface area contributed by atoms with Crippen molar-refractivity contribution >= 4 is 27.4 Å². The summed E-state index contributed by atoms with van der Waals surface area (Å²) in [5, 5.41) is 3.17. The number of aryl methyl sites for hydroxylation is 1. The van der Waals surface area contributed by atoms with E-state index < -0.39 is 11.7 Å². The van der Waals surface area contributed by atoms with Crippen LogP contribution in [-0.2, 0) is 6.18 Å². The average molecular weight is 377 g/mol. The van der Waals surface area contributed by atoms with E-state index in [4.69, 9.17) is 0 Å². The summed E-state index contributed by atoms with van der Waals surface area (Å²) in [6, 6.07) is 5.59. The molecule has 0 aliphatic carbocycles. The lowest BCUT2D eigenvalue weighted by molar-refractivity contribution is -0.137. The fourth-order valence-electron chi connectivity index (χ4n) is 3.62. The molecule has 7 heteroatoms. The molecule has 136 valence electrons. The highest BCUT2D eigenvalue weighted by Crippen LogP contribution is 2.36. The Labute approximate surface area is 153 Å². The fraction of sp³-hybridized carbons (Fsp3) is 0.368. The zero-order valence-electron chi connectivity index (χ0n) is 14.3. The van der Waals surface area contributed by atoms with Crippen LogP contribution >= 0.6 is 11.3 Å². The predicted molar refractivity (Wildman–Crippen MR) is 97.8 cm³/mol. The molecule has 1 saturated heterocycles. The summed E-state index contributed by atoms with van der Waals surface area (Å²) < 4.78 is 38.3. The lowest BCUT2D eigenvalue weighted by atomic mass is 9.90. The van der Waals surface area contributed by atoms with Crippen molar-refractivity contribution in [3.05, 3.63) is 52.7 Å². The van der Waals surface area contributed by atoms with E-state index in [1.54, 1.807) is 29.8 Å². The van der Waals surface area contributed by atoms with Gasteiger partial charge in [0.25, 0.3) is 0 Å². The van der Waals surface area contributed by atoms with E-state index in [-0.39, 0.29) is 5.92 Å². The summed E-state index contributed by atoms with van der Waals surface area (Å²) in [6.07, 6.45) is -0.741. The number of halogens is 3. The van der Waals surface area contributed by atoms with Crippen LogP contribution in [-0.4, -0.2) is 23.1 Å². The van der Waals surface area contributed by atoms with Gasteiger partial charge in [-0.3, -0.25) is 0 Å². The minimum atomic E-state index is -4.29. The monoisotopic (exact) mass is 377 g/mol. The first-order valence-electron chi connectivity index (χ1n) is 8.54. The molecule has 1 atom stereocenters. The minimum Gasteiger partial charge on any atom is -0.355 e. The van der Waals surface area contributed by atoms with E-state index >= 15 is 0 Å². The second kappa shape index (κ2) is 6.54. The first-order chi connectivity index (χ1) is 12.4. The number of rotatable bonds is 2. The molecule has 1 aliphatic rings. The first kappa shape index (κ1) is 17.3. The number of piperidine rings is 1. The third-order valence-corrected chi connectivity index (χ3v) is 5.97. The maximum atomic E-state index is 12.8. The van der Waals surface area contributed by atoms with Crippen molar-refractivity contribution in [3.8, 4) is 0 Å². The van der Waals surface area contributed by atoms with Crippen molar-refractivity contribution in [2.45, 2.75) is 31.9 Å². The number of nitrogens with zero attached hydrogens (tertiary/aromatic N) is 3. The molecule has 1 fully saturated rings. The number of thiophene rings is 1. The predicted octanol–water partition coefficient (Wildman–Crippen LogP) is 5.40. The van der Waals surface area contributed by atoms with Crippen LogP contribution in [0.5, 0.6) is 0 Å². The molecular formula is C19H18F3N3S. The van der Waals surface area contributed by atoms with Gasteiger partial charge in [-0.15, -0.1) is 11.3 Å². The summed E-state index contributed by atoms with van der Waals surface area (Å²) in [5.41, 5.74) is 1.52. The molecule has 3 aromatic rings. The van der Waals surface area contributed by atoms with Crippen molar-refractivity contribution in [1.29, 1.82) is 0 Å². The van der Waals surface area contributed by atoms with Crippen molar-refractivity contribution in [1.82, 2.24) is 9.97 Å². The molecular weight excluding hydrogens is 359 g/mol. The molecule has 1 unspecified atom stereocenters. The molecule has 0 radical (unpaired) electrons. The van der Waals surface area contributed by atoms with Gasteiger partial charge in [0.1, 0.15) is 17.0 Å². The zero-order valence-corrected chi connectivity index (χ0v) is 15.1. The molecule has 3 nitrogen and oxygen atoms in total. The Morgan fingerprint density at radius 2 is 1.92 bits per heavy atom. The van der Waals surface area contributed by atoms with Crippen LogP contribution in [0.1, 0.15) is 35.4 Å². The van der Waals surface area contributed by atoms with E-state index in [1.807, 2.05) is 0 Å². The quantitative estimate of drug-likeness (QED) is 0.599. The normalized spacial score (nSPS) is 18.5. The van der Waals surface area contributed by atoms with Crippen LogP contribution in [0.4, 0.5) is 19.0 Å². The SMILES string of the molecule is Cc1csc2ncnc(N3CCCC(c4ccc(C(F)(F)F)cc4)C3)c12. The summed E-state index contributed by atoms with van der Waals surface area (Å²) in [6.45, 7) is 3.72. The fourth-order valence-corrected chi connectivity index (χ4v) is 4.51. The highest BCUT2D eigenvalue weighted by molar-refractivity contribution is 7.17. The minimum absolute atomic E-state index is 0.204. The van der Waals surface area contributed by atoms with Crippen molar-refractivity contribution < 1.29 is 13.2 Å². The van der Waals surface area contributed by atoms with E-state index in [2.05, 4.69) is 27.2 Å². The van der Waals surface area contributed by atoms with Crippen LogP contribution in [0.15, 0.2) is 36.0 Å². The molecule has 0 bridgehead atoms. The molecule has 3 heterocycles. The van der Waals surface area contributed by atoms with Gasteiger partial charge in [0.05, 0.1) is 10.9 Å². The Morgan fingerprint density at radius 1 is 1.15 bits per heavy atom. The van der Waals surface area contributed by atoms with Crippen molar-refractivity contribution in [2.75, 3.05) is 18.0 Å². The maximum Gasteiger partial charge on any atom is 0.416 e. The standard InChI is InChI=1S/C19H18F3N3S/c1-12-10-26-18-16(12)17(23-11-24-18)25-8-2-3-14(9-25)13-4-6-15(7-5-13)19(20,21)22/h4-7,10-11,14H,2-3,8-9H2,1H3. The number of anilines is 1. The second-order valence-electron chi connectivity index (χ2n) is 6.70. The Hall–Kier alpha value is -2.15. The largest absolute Gasteiger partial charge is 0.416 e. The zero-order chi connectivity index (χ0) is 18.3. The lowest BCUT2D eigenvalue weighted by Crippen LogP contribution is -2.35. The molecule has 0 amide bonds. The number of alkyl halides is 3. The number of hydrogen-bond acceptors (Lipinski definition) is 4. The molecule has 2 aromatic heterocycles. The molecule has 1 aromatic carbocycles. The molecule has 0 spiro atoms.